The van der Waals surface area contributed by atoms with Gasteiger partial charge in [-0.25, -0.2) is 0 Å². The quantitative estimate of drug-likeness (QED) is 0.846. The zero-order chi connectivity index (χ0) is 11.0. The monoisotopic (exact) mass is 266 g/mol. The predicted molar refractivity (Wildman–Crippen MR) is 63.9 cm³/mol. The Balaban J connectivity index is 2.64. The van der Waals surface area contributed by atoms with Crippen LogP contribution in [-0.4, -0.2) is 9.78 Å². The molecule has 0 bridgehead atoms. The third kappa shape index (κ3) is 1.77. The number of H-pyrrole nitrogens is 1. The molecular weight excluding hydrogens is 256 g/mol. The molecule has 0 unspecified atom stereocenters. The summed E-state index contributed by atoms with van der Waals surface area (Å²) < 4.78 is 2.50. The molecule has 2 rings (SSSR count). The molecule has 1 aromatic carbocycles. The molecule has 0 aliphatic heterocycles. The molecule has 4 heteroatoms. The lowest BCUT2D eigenvalue weighted by Gasteiger charge is -1.97. The first-order chi connectivity index (χ1) is 7.09. The van der Waals surface area contributed by atoms with Gasteiger partial charge in [0.25, 0.3) is 5.56 Å². The van der Waals surface area contributed by atoms with E-state index in [0.29, 0.717) is 0 Å². The Kier molecular flexibility index (Phi) is 2.52. The van der Waals surface area contributed by atoms with E-state index in [1.807, 2.05) is 31.2 Å². The molecular formula is C11H11BrN2O. The first-order valence-corrected chi connectivity index (χ1v) is 5.40. The summed E-state index contributed by atoms with van der Waals surface area (Å²) in [6.45, 7) is 1.90. The number of nitrogens with zero attached hydrogens (tertiary/aromatic N) is 1. The Labute approximate surface area is 95.9 Å². The predicted octanol–water partition coefficient (Wildman–Crippen LogP) is 2.45. The molecule has 15 heavy (non-hydrogen) atoms. The van der Waals surface area contributed by atoms with E-state index in [0.717, 1.165) is 21.3 Å². The van der Waals surface area contributed by atoms with Crippen molar-refractivity contribution in [3.63, 3.8) is 0 Å². The van der Waals surface area contributed by atoms with Crippen LogP contribution in [0, 0.1) is 6.92 Å². The normalized spacial score (nSPS) is 10.6. The van der Waals surface area contributed by atoms with Gasteiger partial charge in [0.15, 0.2) is 0 Å². The summed E-state index contributed by atoms with van der Waals surface area (Å²) in [6.07, 6.45) is 0. The number of aromatic nitrogens is 2. The fourth-order valence-electron chi connectivity index (χ4n) is 1.64. The highest BCUT2D eigenvalue weighted by molar-refractivity contribution is 9.10. The number of nitrogens with one attached hydrogen (secondary N) is 1. The molecule has 1 heterocycles. The Morgan fingerprint density at radius 1 is 1.27 bits per heavy atom. The standard InChI is InChI=1S/C11H11BrN2O/c1-7-10(11(15)14(2)13-7)8-3-5-9(12)6-4-8/h3-6,13H,1-2H3. The van der Waals surface area contributed by atoms with E-state index in [9.17, 15) is 4.79 Å². The molecule has 0 fully saturated rings. The summed E-state index contributed by atoms with van der Waals surface area (Å²) >= 11 is 3.37. The van der Waals surface area contributed by atoms with Crippen LogP contribution in [0.2, 0.25) is 0 Å². The van der Waals surface area contributed by atoms with Gasteiger partial charge in [0, 0.05) is 17.2 Å². The minimum atomic E-state index is 0.00909. The average Bonchev–Trinajstić information content (AvgIpc) is 2.44. The van der Waals surface area contributed by atoms with Gasteiger partial charge in [0.1, 0.15) is 0 Å². The van der Waals surface area contributed by atoms with Crippen LogP contribution in [-0.2, 0) is 7.05 Å². The summed E-state index contributed by atoms with van der Waals surface area (Å²) in [6, 6.07) is 7.73. The second-order valence-corrected chi connectivity index (χ2v) is 4.40. The maximum atomic E-state index is 11.8. The molecule has 0 amide bonds. The number of benzene rings is 1. The second kappa shape index (κ2) is 3.70. The van der Waals surface area contributed by atoms with Crippen molar-refractivity contribution in [3.8, 4) is 11.1 Å². The Hall–Kier alpha value is -1.29. The lowest BCUT2D eigenvalue weighted by molar-refractivity contribution is 0.731. The van der Waals surface area contributed by atoms with Crippen LogP contribution >= 0.6 is 15.9 Å². The summed E-state index contributed by atoms with van der Waals surface area (Å²) in [5.74, 6) is 0. The summed E-state index contributed by atoms with van der Waals surface area (Å²) in [7, 11) is 1.72. The molecule has 1 N–H and O–H groups in total. The van der Waals surface area contributed by atoms with Gasteiger partial charge in [-0.2, -0.15) is 0 Å². The van der Waals surface area contributed by atoms with E-state index >= 15 is 0 Å². The van der Waals surface area contributed by atoms with Crippen molar-refractivity contribution in [2.45, 2.75) is 6.92 Å². The largest absolute Gasteiger partial charge is 0.300 e. The van der Waals surface area contributed by atoms with Gasteiger partial charge in [0.05, 0.1) is 5.56 Å². The smallest absolute Gasteiger partial charge is 0.274 e. The van der Waals surface area contributed by atoms with E-state index < -0.39 is 0 Å². The zero-order valence-electron chi connectivity index (χ0n) is 8.54. The third-order valence-corrected chi connectivity index (χ3v) is 2.89. The molecule has 0 aliphatic rings. The van der Waals surface area contributed by atoms with Gasteiger partial charge in [-0.15, -0.1) is 0 Å². The fourth-order valence-corrected chi connectivity index (χ4v) is 1.91. The zero-order valence-corrected chi connectivity index (χ0v) is 10.1. The SMILES string of the molecule is Cc1[nH]n(C)c(=O)c1-c1ccc(Br)cc1. The molecule has 0 spiro atoms. The average molecular weight is 267 g/mol. The summed E-state index contributed by atoms with van der Waals surface area (Å²) in [5, 5.41) is 2.98. The Morgan fingerprint density at radius 2 is 1.87 bits per heavy atom. The van der Waals surface area contributed by atoms with Gasteiger partial charge in [0.2, 0.25) is 0 Å². The highest BCUT2D eigenvalue weighted by Gasteiger charge is 2.10. The minimum absolute atomic E-state index is 0.00909. The van der Waals surface area contributed by atoms with Crippen molar-refractivity contribution in [1.82, 2.24) is 9.78 Å². The highest BCUT2D eigenvalue weighted by atomic mass is 79.9. The third-order valence-electron chi connectivity index (χ3n) is 2.36. The molecule has 78 valence electrons. The first-order valence-electron chi connectivity index (χ1n) is 4.61. The van der Waals surface area contributed by atoms with Gasteiger partial charge in [-0.05, 0) is 24.6 Å². The van der Waals surface area contributed by atoms with E-state index in [4.69, 9.17) is 0 Å². The van der Waals surface area contributed by atoms with Crippen molar-refractivity contribution < 1.29 is 0 Å². The maximum Gasteiger partial charge on any atom is 0.274 e. The summed E-state index contributed by atoms with van der Waals surface area (Å²) in [5.41, 5.74) is 2.59. The van der Waals surface area contributed by atoms with Crippen LogP contribution in [0.25, 0.3) is 11.1 Å². The second-order valence-electron chi connectivity index (χ2n) is 3.48. The van der Waals surface area contributed by atoms with Crippen molar-refractivity contribution in [2.75, 3.05) is 0 Å². The number of aryl methyl sites for hydroxylation is 2. The van der Waals surface area contributed by atoms with Crippen LogP contribution in [0.4, 0.5) is 0 Å². The van der Waals surface area contributed by atoms with Crippen molar-refractivity contribution >= 4 is 15.9 Å². The van der Waals surface area contributed by atoms with E-state index in [-0.39, 0.29) is 5.56 Å². The topological polar surface area (TPSA) is 37.8 Å². The molecule has 0 aliphatic carbocycles. The van der Waals surface area contributed by atoms with Crippen molar-refractivity contribution in [2.24, 2.45) is 7.05 Å². The minimum Gasteiger partial charge on any atom is -0.300 e. The van der Waals surface area contributed by atoms with Crippen LogP contribution in [0.1, 0.15) is 5.69 Å². The molecule has 0 saturated carbocycles. The van der Waals surface area contributed by atoms with E-state index in [2.05, 4.69) is 21.0 Å². The van der Waals surface area contributed by atoms with E-state index in [1.165, 1.54) is 4.68 Å². The fraction of sp³-hybridized carbons (Fsp3) is 0.182. The van der Waals surface area contributed by atoms with Crippen molar-refractivity contribution in [1.29, 1.82) is 0 Å². The van der Waals surface area contributed by atoms with Crippen LogP contribution < -0.4 is 5.56 Å². The van der Waals surface area contributed by atoms with E-state index in [1.54, 1.807) is 7.05 Å². The number of hydrogen-bond acceptors (Lipinski definition) is 1. The number of aromatic amines is 1. The van der Waals surface area contributed by atoms with Crippen LogP contribution in [0.3, 0.4) is 0 Å². The molecule has 1 aromatic heterocycles. The molecule has 0 radical (unpaired) electrons. The van der Waals surface area contributed by atoms with Crippen LogP contribution in [0.15, 0.2) is 33.5 Å². The highest BCUT2D eigenvalue weighted by Crippen LogP contribution is 2.20. The number of rotatable bonds is 1. The number of halogens is 1. The number of hydrogen-bond donors (Lipinski definition) is 1. The van der Waals surface area contributed by atoms with Gasteiger partial charge in [-0.3, -0.25) is 14.6 Å². The molecule has 3 nitrogen and oxygen atoms in total. The van der Waals surface area contributed by atoms with Gasteiger partial charge >= 0.3 is 0 Å². The van der Waals surface area contributed by atoms with Crippen LogP contribution in [0.5, 0.6) is 0 Å². The maximum absolute atomic E-state index is 11.8. The van der Waals surface area contributed by atoms with Gasteiger partial charge in [-0.1, -0.05) is 28.1 Å². The first kappa shape index (κ1) is 10.2. The Morgan fingerprint density at radius 3 is 2.33 bits per heavy atom. The lowest BCUT2D eigenvalue weighted by Crippen LogP contribution is -2.12. The lowest BCUT2D eigenvalue weighted by atomic mass is 10.1. The molecule has 0 saturated heterocycles. The Bertz CT molecular complexity index is 537. The summed E-state index contributed by atoms with van der Waals surface area (Å²) in [4.78, 5) is 11.8. The van der Waals surface area contributed by atoms with Crippen molar-refractivity contribution in [3.05, 3.63) is 44.8 Å². The molecule has 2 aromatic rings. The van der Waals surface area contributed by atoms with Gasteiger partial charge < -0.3 is 0 Å². The molecule has 0 atom stereocenters.